The molecule has 0 aliphatic heterocycles. The summed E-state index contributed by atoms with van der Waals surface area (Å²) in [5.41, 5.74) is 0. The van der Waals surface area contributed by atoms with Gasteiger partial charge in [-0.3, -0.25) is 0 Å². The van der Waals surface area contributed by atoms with E-state index in [1.807, 2.05) is 6.20 Å². The molecule has 1 heterocycles. The third kappa shape index (κ3) is 3.12. The quantitative estimate of drug-likeness (QED) is 0.717. The largest absolute Gasteiger partial charge is 0.335 e. The van der Waals surface area contributed by atoms with E-state index in [2.05, 4.69) is 45.5 Å². The van der Waals surface area contributed by atoms with E-state index in [1.165, 1.54) is 18.7 Å². The molecule has 14 heavy (non-hydrogen) atoms. The topological polar surface area (TPSA) is 17.8 Å². The Bertz CT molecular complexity index is 254. The van der Waals surface area contributed by atoms with Crippen LogP contribution in [0.25, 0.3) is 0 Å². The van der Waals surface area contributed by atoms with E-state index in [9.17, 15) is 0 Å². The summed E-state index contributed by atoms with van der Waals surface area (Å²) in [5, 5.41) is 1.08. The monoisotopic (exact) mass is 258 g/mol. The Morgan fingerprint density at radius 2 is 2.29 bits per heavy atom. The maximum Gasteiger partial charge on any atom is 0.108 e. The van der Waals surface area contributed by atoms with Crippen LogP contribution in [0.3, 0.4) is 0 Å². The molecule has 2 nitrogen and oxygen atoms in total. The molecular weight excluding hydrogens is 240 g/mol. The van der Waals surface area contributed by atoms with Gasteiger partial charge in [-0.25, -0.2) is 4.98 Å². The lowest BCUT2D eigenvalue weighted by molar-refractivity contribution is 0.466. The fourth-order valence-corrected chi connectivity index (χ4v) is 2.19. The standard InChI is InChI=1S/C11H19BrN2/c1-3-5-11-13-6-7-14(11)9-10(4-2)8-12/h6-7,10H,3-5,8-9H2,1-2H3. The van der Waals surface area contributed by atoms with Crippen molar-refractivity contribution in [3.05, 3.63) is 18.2 Å². The molecule has 1 aromatic heterocycles. The molecule has 1 unspecified atom stereocenters. The first-order chi connectivity index (χ1) is 6.81. The van der Waals surface area contributed by atoms with Crippen molar-refractivity contribution in [3.63, 3.8) is 0 Å². The second-order valence-electron chi connectivity index (χ2n) is 3.67. The average molecular weight is 259 g/mol. The fraction of sp³-hybridized carbons (Fsp3) is 0.727. The molecule has 1 aromatic rings. The lowest BCUT2D eigenvalue weighted by Crippen LogP contribution is -2.13. The van der Waals surface area contributed by atoms with Gasteiger partial charge in [-0.2, -0.15) is 0 Å². The van der Waals surface area contributed by atoms with Crippen molar-refractivity contribution in [1.82, 2.24) is 9.55 Å². The molecule has 0 fully saturated rings. The van der Waals surface area contributed by atoms with Crippen LogP contribution in [-0.4, -0.2) is 14.9 Å². The smallest absolute Gasteiger partial charge is 0.108 e. The Hall–Kier alpha value is -0.310. The number of rotatable bonds is 6. The van der Waals surface area contributed by atoms with Gasteiger partial charge in [0.2, 0.25) is 0 Å². The number of alkyl halides is 1. The zero-order valence-electron chi connectivity index (χ0n) is 9.04. The molecule has 0 radical (unpaired) electrons. The molecule has 1 rings (SSSR count). The lowest BCUT2D eigenvalue weighted by atomic mass is 10.1. The first-order valence-corrected chi connectivity index (χ1v) is 6.49. The Labute approximate surface area is 94.9 Å². The SMILES string of the molecule is CCCc1nccn1CC(CC)CBr. The lowest BCUT2D eigenvalue weighted by Gasteiger charge is -2.14. The predicted octanol–water partition coefficient (Wildman–Crippen LogP) is 3.26. The van der Waals surface area contributed by atoms with Crippen molar-refractivity contribution in [3.8, 4) is 0 Å². The normalized spacial score (nSPS) is 13.1. The van der Waals surface area contributed by atoms with Crippen molar-refractivity contribution in [2.45, 2.75) is 39.7 Å². The van der Waals surface area contributed by atoms with Crippen LogP contribution in [0.4, 0.5) is 0 Å². The molecule has 0 aliphatic rings. The van der Waals surface area contributed by atoms with E-state index in [0.29, 0.717) is 0 Å². The molecule has 0 spiro atoms. The Morgan fingerprint density at radius 1 is 1.50 bits per heavy atom. The average Bonchev–Trinajstić information content (AvgIpc) is 2.62. The number of aryl methyl sites for hydroxylation is 1. The summed E-state index contributed by atoms with van der Waals surface area (Å²) >= 11 is 3.55. The molecule has 0 N–H and O–H groups in total. The van der Waals surface area contributed by atoms with E-state index in [1.54, 1.807) is 0 Å². The second-order valence-corrected chi connectivity index (χ2v) is 4.32. The Kier molecular flexibility index (Phi) is 5.23. The summed E-state index contributed by atoms with van der Waals surface area (Å²) in [5.74, 6) is 1.95. The summed E-state index contributed by atoms with van der Waals surface area (Å²) in [6.07, 6.45) is 7.48. The molecule has 0 bridgehead atoms. The Balaban J connectivity index is 2.60. The van der Waals surface area contributed by atoms with Crippen LogP contribution in [0.1, 0.15) is 32.5 Å². The van der Waals surface area contributed by atoms with Crippen molar-refractivity contribution in [2.75, 3.05) is 5.33 Å². The minimum Gasteiger partial charge on any atom is -0.335 e. The molecule has 0 aliphatic carbocycles. The van der Waals surface area contributed by atoms with Gasteiger partial charge in [-0.05, 0) is 12.3 Å². The number of hydrogen-bond donors (Lipinski definition) is 0. The zero-order chi connectivity index (χ0) is 10.4. The highest BCUT2D eigenvalue weighted by molar-refractivity contribution is 9.09. The Morgan fingerprint density at radius 3 is 2.86 bits per heavy atom. The molecule has 80 valence electrons. The highest BCUT2D eigenvalue weighted by atomic mass is 79.9. The van der Waals surface area contributed by atoms with Gasteiger partial charge in [0.25, 0.3) is 0 Å². The van der Waals surface area contributed by atoms with Gasteiger partial charge in [0.15, 0.2) is 0 Å². The van der Waals surface area contributed by atoms with Crippen LogP contribution >= 0.6 is 15.9 Å². The van der Waals surface area contributed by atoms with Gasteiger partial charge >= 0.3 is 0 Å². The van der Waals surface area contributed by atoms with Gasteiger partial charge in [-0.1, -0.05) is 36.2 Å². The van der Waals surface area contributed by atoms with Crippen LogP contribution in [0, 0.1) is 5.92 Å². The van der Waals surface area contributed by atoms with Crippen LogP contribution in [-0.2, 0) is 13.0 Å². The van der Waals surface area contributed by atoms with Gasteiger partial charge in [0.05, 0.1) is 0 Å². The summed E-state index contributed by atoms with van der Waals surface area (Å²) in [7, 11) is 0. The van der Waals surface area contributed by atoms with Gasteiger partial charge in [0.1, 0.15) is 5.82 Å². The number of imidazole rings is 1. The second kappa shape index (κ2) is 6.23. The fourth-order valence-electron chi connectivity index (χ4n) is 1.52. The van der Waals surface area contributed by atoms with Crippen LogP contribution in [0.15, 0.2) is 12.4 Å². The van der Waals surface area contributed by atoms with Gasteiger partial charge < -0.3 is 4.57 Å². The van der Waals surface area contributed by atoms with Crippen LogP contribution in [0.5, 0.6) is 0 Å². The first-order valence-electron chi connectivity index (χ1n) is 5.37. The van der Waals surface area contributed by atoms with Gasteiger partial charge in [0, 0.05) is 30.7 Å². The maximum absolute atomic E-state index is 4.38. The van der Waals surface area contributed by atoms with E-state index in [-0.39, 0.29) is 0 Å². The van der Waals surface area contributed by atoms with Crippen molar-refractivity contribution < 1.29 is 0 Å². The van der Waals surface area contributed by atoms with Crippen LogP contribution < -0.4 is 0 Å². The van der Waals surface area contributed by atoms with E-state index in [0.717, 1.165) is 24.2 Å². The minimum absolute atomic E-state index is 0.722. The number of hydrogen-bond acceptors (Lipinski definition) is 1. The van der Waals surface area contributed by atoms with Gasteiger partial charge in [-0.15, -0.1) is 0 Å². The molecule has 0 saturated heterocycles. The van der Waals surface area contributed by atoms with Crippen molar-refractivity contribution in [1.29, 1.82) is 0 Å². The highest BCUT2D eigenvalue weighted by Gasteiger charge is 2.08. The molecule has 1 atom stereocenters. The highest BCUT2D eigenvalue weighted by Crippen LogP contribution is 2.12. The number of aromatic nitrogens is 2. The summed E-state index contributed by atoms with van der Waals surface area (Å²) in [6.45, 7) is 5.53. The summed E-state index contributed by atoms with van der Waals surface area (Å²) < 4.78 is 2.29. The van der Waals surface area contributed by atoms with Crippen molar-refractivity contribution >= 4 is 15.9 Å². The molecule has 3 heteroatoms. The summed E-state index contributed by atoms with van der Waals surface area (Å²) in [4.78, 5) is 4.38. The first kappa shape index (κ1) is 11.8. The minimum atomic E-state index is 0.722. The number of halogens is 1. The molecular formula is C11H19BrN2. The summed E-state index contributed by atoms with van der Waals surface area (Å²) in [6, 6.07) is 0. The third-order valence-corrected chi connectivity index (χ3v) is 3.44. The third-order valence-electron chi connectivity index (χ3n) is 2.53. The zero-order valence-corrected chi connectivity index (χ0v) is 10.6. The molecule has 0 aromatic carbocycles. The van der Waals surface area contributed by atoms with Crippen molar-refractivity contribution in [2.24, 2.45) is 5.92 Å². The maximum atomic E-state index is 4.38. The van der Waals surface area contributed by atoms with E-state index >= 15 is 0 Å². The predicted molar refractivity (Wildman–Crippen MR) is 63.8 cm³/mol. The van der Waals surface area contributed by atoms with Crippen LogP contribution in [0.2, 0.25) is 0 Å². The van der Waals surface area contributed by atoms with E-state index in [4.69, 9.17) is 0 Å². The molecule has 0 saturated carbocycles. The molecule has 0 amide bonds. The van der Waals surface area contributed by atoms with E-state index < -0.39 is 0 Å². The number of nitrogens with zero attached hydrogens (tertiary/aromatic N) is 2.